The van der Waals surface area contributed by atoms with Gasteiger partial charge in [0.15, 0.2) is 5.56 Å². The lowest BCUT2D eigenvalue weighted by molar-refractivity contribution is 0.0518. The summed E-state index contributed by atoms with van der Waals surface area (Å²) in [6.07, 6.45) is 3.80. The number of ether oxygens (including phenoxy) is 1. The number of rotatable bonds is 6. The number of benzene rings is 2. The molecule has 0 N–H and O–H groups in total. The van der Waals surface area contributed by atoms with E-state index in [1.165, 1.54) is 16.3 Å². The van der Waals surface area contributed by atoms with Crippen LogP contribution in [0, 0.1) is 6.92 Å². The smallest absolute Gasteiger partial charge is 0.346 e. The minimum atomic E-state index is -0.653. The average molecular weight is 427 g/mol. The highest BCUT2D eigenvalue weighted by Gasteiger charge is 2.24. The summed E-state index contributed by atoms with van der Waals surface area (Å²) in [6, 6.07) is 15.4. The van der Waals surface area contributed by atoms with Crippen molar-refractivity contribution in [2.24, 2.45) is 0 Å². The molecule has 0 aliphatic rings. The molecule has 0 saturated carbocycles. The van der Waals surface area contributed by atoms with E-state index in [2.05, 4.69) is 0 Å². The van der Waals surface area contributed by atoms with Crippen LogP contribution in [0.2, 0.25) is 0 Å². The number of carbonyl (C=O) groups excluding carboxylic acids is 1. The van der Waals surface area contributed by atoms with Gasteiger partial charge in [-0.05, 0) is 50.6 Å². The van der Waals surface area contributed by atoms with Crippen molar-refractivity contribution in [2.45, 2.75) is 23.8 Å². The van der Waals surface area contributed by atoms with Crippen LogP contribution in [-0.4, -0.2) is 34.6 Å². The molecule has 0 aliphatic heterocycles. The van der Waals surface area contributed by atoms with Crippen LogP contribution in [0.15, 0.2) is 63.2 Å². The van der Waals surface area contributed by atoms with Crippen molar-refractivity contribution in [2.75, 3.05) is 19.1 Å². The van der Waals surface area contributed by atoms with Crippen molar-refractivity contribution in [1.29, 1.82) is 0 Å². The summed E-state index contributed by atoms with van der Waals surface area (Å²) in [5.41, 5.74) is 2.05. The maximum atomic E-state index is 13.5. The Morgan fingerprint density at radius 3 is 2.24 bits per heavy atom. The molecule has 2 aromatic carbocycles. The average Bonchev–Trinajstić information content (AvgIpc) is 2.74. The lowest BCUT2D eigenvalue weighted by Crippen LogP contribution is -2.30. The molecule has 7 heteroatoms. The molecule has 0 atom stereocenters. The van der Waals surface area contributed by atoms with E-state index in [1.54, 1.807) is 24.9 Å². The van der Waals surface area contributed by atoms with Gasteiger partial charge < -0.3 is 4.74 Å². The SMILES string of the molecule is CCOC(=O)c1c(SC)nc(-c2ccc(SC)cc2)n(-c2ccc(C)cc2)c1=O. The minimum Gasteiger partial charge on any atom is -0.462 e. The molecule has 150 valence electrons. The third-order valence-electron chi connectivity index (χ3n) is 4.36. The van der Waals surface area contributed by atoms with Gasteiger partial charge in [0.25, 0.3) is 5.56 Å². The van der Waals surface area contributed by atoms with Gasteiger partial charge in [-0.25, -0.2) is 9.78 Å². The fourth-order valence-corrected chi connectivity index (χ4v) is 3.86. The van der Waals surface area contributed by atoms with E-state index >= 15 is 0 Å². The number of aromatic nitrogens is 2. The van der Waals surface area contributed by atoms with Gasteiger partial charge in [0.1, 0.15) is 10.9 Å². The van der Waals surface area contributed by atoms with Gasteiger partial charge in [-0.15, -0.1) is 23.5 Å². The van der Waals surface area contributed by atoms with E-state index in [9.17, 15) is 9.59 Å². The Balaban J connectivity index is 2.33. The maximum absolute atomic E-state index is 13.5. The normalized spacial score (nSPS) is 10.8. The van der Waals surface area contributed by atoms with Crippen molar-refractivity contribution in [3.05, 3.63) is 70.0 Å². The second-order valence-corrected chi connectivity index (χ2v) is 7.92. The number of esters is 1. The van der Waals surface area contributed by atoms with Crippen molar-refractivity contribution in [3.8, 4) is 17.1 Å². The first kappa shape index (κ1) is 21.2. The minimum absolute atomic E-state index is 0.0376. The van der Waals surface area contributed by atoms with Crippen LogP contribution < -0.4 is 5.56 Å². The molecule has 0 fully saturated rings. The molecule has 29 heavy (non-hydrogen) atoms. The number of thioether (sulfide) groups is 2. The summed E-state index contributed by atoms with van der Waals surface area (Å²) < 4.78 is 6.61. The van der Waals surface area contributed by atoms with Crippen LogP contribution in [0.1, 0.15) is 22.8 Å². The molecule has 0 bridgehead atoms. The second-order valence-electron chi connectivity index (χ2n) is 6.24. The van der Waals surface area contributed by atoms with Gasteiger partial charge >= 0.3 is 5.97 Å². The zero-order chi connectivity index (χ0) is 21.0. The Kier molecular flexibility index (Phi) is 6.82. The predicted octanol–water partition coefficient (Wildman–Crippen LogP) is 4.83. The second kappa shape index (κ2) is 9.33. The number of aryl methyl sites for hydroxylation is 1. The van der Waals surface area contributed by atoms with E-state index in [1.807, 2.05) is 61.7 Å². The number of hydrogen-bond acceptors (Lipinski definition) is 6. The number of hydrogen-bond donors (Lipinski definition) is 0. The van der Waals surface area contributed by atoms with Crippen LogP contribution in [0.25, 0.3) is 17.1 Å². The molecule has 0 saturated heterocycles. The highest BCUT2D eigenvalue weighted by Crippen LogP contribution is 2.27. The van der Waals surface area contributed by atoms with Crippen LogP contribution in [0.5, 0.6) is 0 Å². The van der Waals surface area contributed by atoms with E-state index in [4.69, 9.17) is 9.72 Å². The molecule has 3 rings (SSSR count). The molecule has 0 radical (unpaired) electrons. The summed E-state index contributed by atoms with van der Waals surface area (Å²) in [5, 5.41) is 0.362. The van der Waals surface area contributed by atoms with Gasteiger partial charge in [-0.1, -0.05) is 29.8 Å². The topological polar surface area (TPSA) is 61.2 Å². The van der Waals surface area contributed by atoms with Crippen LogP contribution >= 0.6 is 23.5 Å². The zero-order valence-corrected chi connectivity index (χ0v) is 18.4. The Morgan fingerprint density at radius 1 is 1.03 bits per heavy atom. The first-order valence-electron chi connectivity index (χ1n) is 9.09. The molecule has 1 heterocycles. The monoisotopic (exact) mass is 426 g/mol. The van der Waals surface area contributed by atoms with Crippen LogP contribution in [0.3, 0.4) is 0 Å². The lowest BCUT2D eigenvalue weighted by Gasteiger charge is -2.16. The Labute approximate surface area is 178 Å². The number of carbonyl (C=O) groups is 1. The van der Waals surface area contributed by atoms with Gasteiger partial charge in [-0.2, -0.15) is 0 Å². The Morgan fingerprint density at radius 2 is 1.69 bits per heavy atom. The quantitative estimate of drug-likeness (QED) is 0.320. The van der Waals surface area contributed by atoms with Crippen molar-refractivity contribution in [3.63, 3.8) is 0 Å². The van der Waals surface area contributed by atoms with Gasteiger partial charge in [-0.3, -0.25) is 9.36 Å². The van der Waals surface area contributed by atoms with Crippen molar-refractivity contribution >= 4 is 29.5 Å². The standard InChI is InChI=1S/C22H22N2O3S2/c1-5-27-22(26)18-20(29-4)23-19(15-8-12-17(28-3)13-9-15)24(21(18)25)16-10-6-14(2)7-11-16/h6-13H,5H2,1-4H3. The first-order valence-corrected chi connectivity index (χ1v) is 11.5. The summed E-state index contributed by atoms with van der Waals surface area (Å²) in [6.45, 7) is 3.88. The van der Waals surface area contributed by atoms with Gasteiger partial charge in [0.2, 0.25) is 0 Å². The van der Waals surface area contributed by atoms with Gasteiger partial charge in [0.05, 0.1) is 12.3 Å². The Bertz CT molecular complexity index is 1070. The molecular weight excluding hydrogens is 404 g/mol. The summed E-state index contributed by atoms with van der Waals surface area (Å²) in [4.78, 5) is 31.8. The molecule has 0 spiro atoms. The van der Waals surface area contributed by atoms with E-state index in [-0.39, 0.29) is 12.2 Å². The van der Waals surface area contributed by atoms with E-state index < -0.39 is 11.5 Å². The summed E-state index contributed by atoms with van der Waals surface area (Å²) >= 11 is 2.90. The maximum Gasteiger partial charge on any atom is 0.346 e. The summed E-state index contributed by atoms with van der Waals surface area (Å²) in [5.74, 6) is -0.164. The molecular formula is C22H22N2O3S2. The number of nitrogens with zero attached hydrogens (tertiary/aromatic N) is 2. The van der Waals surface area contributed by atoms with E-state index in [0.29, 0.717) is 16.5 Å². The third-order valence-corrected chi connectivity index (χ3v) is 5.79. The largest absolute Gasteiger partial charge is 0.462 e. The van der Waals surface area contributed by atoms with E-state index in [0.717, 1.165) is 16.0 Å². The molecule has 0 unspecified atom stereocenters. The van der Waals surface area contributed by atoms with Crippen LogP contribution in [-0.2, 0) is 4.74 Å². The molecule has 0 amide bonds. The predicted molar refractivity (Wildman–Crippen MR) is 120 cm³/mol. The molecule has 5 nitrogen and oxygen atoms in total. The molecule has 3 aromatic rings. The fraction of sp³-hybridized carbons (Fsp3) is 0.227. The van der Waals surface area contributed by atoms with Crippen molar-refractivity contribution in [1.82, 2.24) is 9.55 Å². The first-order chi connectivity index (χ1) is 14.0. The van der Waals surface area contributed by atoms with Crippen LogP contribution in [0.4, 0.5) is 0 Å². The van der Waals surface area contributed by atoms with Crippen molar-refractivity contribution < 1.29 is 9.53 Å². The molecule has 1 aromatic heterocycles. The lowest BCUT2D eigenvalue weighted by atomic mass is 10.1. The highest BCUT2D eigenvalue weighted by atomic mass is 32.2. The van der Waals surface area contributed by atoms with Gasteiger partial charge in [0, 0.05) is 10.5 Å². The Hall–Kier alpha value is -2.51. The molecule has 0 aliphatic carbocycles. The third kappa shape index (κ3) is 4.41. The zero-order valence-electron chi connectivity index (χ0n) is 16.8. The fourth-order valence-electron chi connectivity index (χ4n) is 2.89. The summed E-state index contributed by atoms with van der Waals surface area (Å²) in [7, 11) is 0. The highest BCUT2D eigenvalue weighted by molar-refractivity contribution is 7.98.